The van der Waals surface area contributed by atoms with Crippen molar-refractivity contribution in [3.05, 3.63) is 46.0 Å². The third-order valence-electron chi connectivity index (χ3n) is 4.08. The Kier molecular flexibility index (Phi) is 4.62. The smallest absolute Gasteiger partial charge is 0.302 e. The fourth-order valence-corrected chi connectivity index (χ4v) is 3.94. The van der Waals surface area contributed by atoms with Crippen LogP contribution in [0.15, 0.2) is 24.3 Å². The predicted molar refractivity (Wildman–Crippen MR) is 87.1 cm³/mol. The molecule has 0 spiro atoms. The molecule has 1 heterocycles. The van der Waals surface area contributed by atoms with E-state index in [-0.39, 0.29) is 12.3 Å². The van der Waals surface area contributed by atoms with Crippen molar-refractivity contribution in [2.75, 3.05) is 5.32 Å². The van der Waals surface area contributed by atoms with Crippen LogP contribution in [0.25, 0.3) is 0 Å². The third-order valence-corrected chi connectivity index (χ3v) is 5.11. The summed E-state index contributed by atoms with van der Waals surface area (Å²) >= 11 is 1.49. The number of aryl methyl sites for hydroxylation is 1. The Balaban J connectivity index is 1.62. The summed E-state index contributed by atoms with van der Waals surface area (Å²) in [6, 6.07) is 4.64. The van der Waals surface area contributed by atoms with Crippen LogP contribution in [-0.4, -0.2) is 10.9 Å². The van der Waals surface area contributed by atoms with E-state index in [1.807, 2.05) is 0 Å². The minimum Gasteiger partial charge on any atom is -0.302 e. The summed E-state index contributed by atoms with van der Waals surface area (Å²) in [6.45, 7) is 2.20. The molecule has 0 saturated carbocycles. The molecule has 1 aliphatic rings. The van der Waals surface area contributed by atoms with Crippen LogP contribution < -0.4 is 5.32 Å². The maximum atomic E-state index is 12.5. The second kappa shape index (κ2) is 6.55. The Morgan fingerprint density at radius 3 is 2.71 bits per heavy atom. The van der Waals surface area contributed by atoms with Gasteiger partial charge in [-0.2, -0.15) is 13.2 Å². The van der Waals surface area contributed by atoms with Gasteiger partial charge in [-0.3, -0.25) is 4.79 Å². The highest BCUT2D eigenvalue weighted by Crippen LogP contribution is 2.32. The van der Waals surface area contributed by atoms with Crippen LogP contribution in [0.3, 0.4) is 0 Å². The largest absolute Gasteiger partial charge is 0.416 e. The summed E-state index contributed by atoms with van der Waals surface area (Å²) in [5.41, 5.74) is 0.881. The molecule has 1 aromatic heterocycles. The lowest BCUT2D eigenvalue weighted by Crippen LogP contribution is -2.14. The lowest BCUT2D eigenvalue weighted by Gasteiger charge is -2.15. The number of rotatable bonds is 3. The molecule has 3 nitrogen and oxygen atoms in total. The number of aromatic nitrogens is 1. The van der Waals surface area contributed by atoms with Crippen molar-refractivity contribution in [2.45, 2.75) is 38.8 Å². The van der Waals surface area contributed by atoms with Crippen molar-refractivity contribution in [3.63, 3.8) is 0 Å². The number of amides is 1. The van der Waals surface area contributed by atoms with Crippen molar-refractivity contribution in [1.82, 2.24) is 4.98 Å². The first kappa shape index (κ1) is 17.0. The van der Waals surface area contributed by atoms with Gasteiger partial charge in [-0.05, 0) is 42.9 Å². The number of halogens is 3. The zero-order valence-corrected chi connectivity index (χ0v) is 13.9. The quantitative estimate of drug-likeness (QED) is 0.884. The fourth-order valence-electron chi connectivity index (χ4n) is 2.75. The maximum Gasteiger partial charge on any atom is 0.416 e. The number of fused-ring (bicyclic) bond motifs is 1. The zero-order chi connectivity index (χ0) is 17.3. The van der Waals surface area contributed by atoms with Crippen LogP contribution in [-0.2, 0) is 30.2 Å². The monoisotopic (exact) mass is 354 g/mol. The number of nitrogens with zero attached hydrogens (tertiary/aromatic N) is 1. The highest BCUT2D eigenvalue weighted by atomic mass is 32.1. The Morgan fingerprint density at radius 1 is 1.33 bits per heavy atom. The number of hydrogen-bond acceptors (Lipinski definition) is 3. The van der Waals surface area contributed by atoms with Gasteiger partial charge in [0.05, 0.1) is 17.7 Å². The molecule has 0 saturated heterocycles. The topological polar surface area (TPSA) is 42.0 Å². The molecular weight excluding hydrogens is 337 g/mol. The van der Waals surface area contributed by atoms with E-state index in [9.17, 15) is 18.0 Å². The van der Waals surface area contributed by atoms with Crippen molar-refractivity contribution in [1.29, 1.82) is 0 Å². The summed E-state index contributed by atoms with van der Waals surface area (Å²) in [7, 11) is 0. The maximum absolute atomic E-state index is 12.5. The molecule has 0 bridgehead atoms. The van der Waals surface area contributed by atoms with E-state index < -0.39 is 11.7 Å². The second-order valence-corrected chi connectivity index (χ2v) is 7.24. The van der Waals surface area contributed by atoms with E-state index in [4.69, 9.17) is 0 Å². The Morgan fingerprint density at radius 2 is 2.04 bits per heavy atom. The molecule has 0 radical (unpaired) electrons. The molecule has 1 atom stereocenters. The number of hydrogen-bond donors (Lipinski definition) is 1. The minimum absolute atomic E-state index is 0.0266. The molecule has 0 fully saturated rings. The van der Waals surface area contributed by atoms with Gasteiger partial charge in [-0.25, -0.2) is 4.98 Å². The molecule has 3 rings (SSSR count). The Bertz CT molecular complexity index is 737. The van der Waals surface area contributed by atoms with Crippen LogP contribution in [0.4, 0.5) is 18.3 Å². The van der Waals surface area contributed by atoms with Gasteiger partial charge in [0.15, 0.2) is 5.13 Å². The molecule has 1 aromatic carbocycles. The summed E-state index contributed by atoms with van der Waals surface area (Å²) in [5, 5.41) is 3.33. The van der Waals surface area contributed by atoms with Gasteiger partial charge in [0.1, 0.15) is 0 Å². The summed E-state index contributed by atoms with van der Waals surface area (Å²) in [5.74, 6) is 0.363. The number of alkyl halides is 3. The van der Waals surface area contributed by atoms with E-state index in [2.05, 4.69) is 17.2 Å². The van der Waals surface area contributed by atoms with Crippen molar-refractivity contribution in [2.24, 2.45) is 5.92 Å². The van der Waals surface area contributed by atoms with Gasteiger partial charge in [0.2, 0.25) is 5.91 Å². The van der Waals surface area contributed by atoms with Gasteiger partial charge < -0.3 is 5.32 Å². The summed E-state index contributed by atoms with van der Waals surface area (Å²) < 4.78 is 37.6. The molecule has 1 N–H and O–H groups in total. The van der Waals surface area contributed by atoms with Gasteiger partial charge in [-0.1, -0.05) is 19.1 Å². The van der Waals surface area contributed by atoms with E-state index in [1.165, 1.54) is 28.3 Å². The van der Waals surface area contributed by atoms with Gasteiger partial charge in [-0.15, -0.1) is 11.3 Å². The summed E-state index contributed by atoms with van der Waals surface area (Å²) in [4.78, 5) is 17.7. The van der Waals surface area contributed by atoms with E-state index in [0.717, 1.165) is 37.1 Å². The fraction of sp³-hybridized carbons (Fsp3) is 0.412. The highest BCUT2D eigenvalue weighted by molar-refractivity contribution is 7.15. The van der Waals surface area contributed by atoms with E-state index in [1.54, 1.807) is 0 Å². The molecule has 1 aliphatic carbocycles. The zero-order valence-electron chi connectivity index (χ0n) is 13.1. The Hall–Kier alpha value is -1.89. The lowest BCUT2D eigenvalue weighted by molar-refractivity contribution is -0.137. The Labute approximate surface area is 141 Å². The van der Waals surface area contributed by atoms with Crippen molar-refractivity contribution >= 4 is 22.4 Å². The number of carbonyl (C=O) groups is 1. The van der Waals surface area contributed by atoms with E-state index >= 15 is 0 Å². The van der Waals surface area contributed by atoms with Gasteiger partial charge >= 0.3 is 6.18 Å². The molecule has 128 valence electrons. The van der Waals surface area contributed by atoms with Gasteiger partial charge in [0, 0.05) is 4.88 Å². The first-order valence-electron chi connectivity index (χ1n) is 7.76. The van der Waals surface area contributed by atoms with Crippen LogP contribution in [0.2, 0.25) is 0 Å². The van der Waals surface area contributed by atoms with Crippen LogP contribution in [0.1, 0.15) is 35.0 Å². The highest BCUT2D eigenvalue weighted by Gasteiger charge is 2.30. The van der Waals surface area contributed by atoms with Crippen molar-refractivity contribution in [3.8, 4) is 0 Å². The average Bonchev–Trinajstić information content (AvgIpc) is 2.87. The van der Waals surface area contributed by atoms with Crippen molar-refractivity contribution < 1.29 is 18.0 Å². The van der Waals surface area contributed by atoms with Crippen LogP contribution >= 0.6 is 11.3 Å². The molecule has 0 aliphatic heterocycles. The second-order valence-electron chi connectivity index (χ2n) is 6.16. The third kappa shape index (κ3) is 3.95. The molecule has 1 amide bonds. The molecule has 7 heteroatoms. The average molecular weight is 354 g/mol. The standard InChI is InChI=1S/C17H17F3N2OS/c1-10-2-7-13-14(8-10)24-16(21-13)22-15(23)9-11-3-5-12(6-4-11)17(18,19)20/h3-6,10H,2,7-9H2,1H3,(H,21,22,23). The number of carbonyl (C=O) groups excluding carboxylic acids is 1. The summed E-state index contributed by atoms with van der Waals surface area (Å²) in [6.07, 6.45) is -1.31. The first-order chi connectivity index (χ1) is 11.3. The molecule has 1 unspecified atom stereocenters. The number of anilines is 1. The predicted octanol–water partition coefficient (Wildman–Crippen LogP) is 4.47. The SMILES string of the molecule is CC1CCc2nc(NC(=O)Cc3ccc(C(F)(F)F)cc3)sc2C1. The minimum atomic E-state index is -4.36. The lowest BCUT2D eigenvalue weighted by atomic mass is 9.93. The number of nitrogens with one attached hydrogen (secondary N) is 1. The van der Waals surface area contributed by atoms with Crippen LogP contribution in [0.5, 0.6) is 0 Å². The molecular formula is C17H17F3N2OS. The number of thiazole rings is 1. The van der Waals surface area contributed by atoms with Crippen LogP contribution in [0, 0.1) is 5.92 Å². The first-order valence-corrected chi connectivity index (χ1v) is 8.57. The van der Waals surface area contributed by atoms with E-state index in [0.29, 0.717) is 16.6 Å². The van der Waals surface area contributed by atoms with Gasteiger partial charge in [0.25, 0.3) is 0 Å². The molecule has 2 aromatic rings. The number of benzene rings is 1. The normalized spacial score (nSPS) is 17.4. The molecule has 24 heavy (non-hydrogen) atoms.